The average molecular weight is 306 g/mol. The largest absolute Gasteiger partial charge is 0.477 e. The Labute approximate surface area is 132 Å². The van der Waals surface area contributed by atoms with Gasteiger partial charge in [0.25, 0.3) is 0 Å². The maximum atomic E-state index is 11.2. The molecule has 0 unspecified atom stereocenters. The molecular weight excluding hydrogens is 292 g/mol. The number of carbonyl (C=O) groups is 1. The van der Waals surface area contributed by atoms with E-state index in [0.717, 1.165) is 16.7 Å². The molecule has 2 heterocycles. The first kappa shape index (κ1) is 14.6. The van der Waals surface area contributed by atoms with Gasteiger partial charge in [0.05, 0.1) is 5.69 Å². The highest BCUT2D eigenvalue weighted by Gasteiger charge is 2.27. The van der Waals surface area contributed by atoms with Crippen LogP contribution in [-0.2, 0) is 4.79 Å². The van der Waals surface area contributed by atoms with Crippen molar-refractivity contribution in [3.05, 3.63) is 71.7 Å². The molecular formula is C18H14N2O3. The molecule has 1 aromatic heterocycles. The first-order chi connectivity index (χ1) is 11.0. The summed E-state index contributed by atoms with van der Waals surface area (Å²) in [6.07, 6.45) is 1.76. The summed E-state index contributed by atoms with van der Waals surface area (Å²) in [5.74, 6) is 0.769. The maximum Gasteiger partial charge on any atom is 0.352 e. The summed E-state index contributed by atoms with van der Waals surface area (Å²) in [7, 11) is 1.71. The van der Waals surface area contributed by atoms with Crippen LogP contribution in [0.15, 0.2) is 49.2 Å². The number of carbonyl (C=O) groups excluding carboxylic acids is 1. The van der Waals surface area contributed by atoms with Crippen LogP contribution in [0.5, 0.6) is 0 Å². The molecule has 0 atom stereocenters. The maximum absolute atomic E-state index is 11.2. The smallest absolute Gasteiger partial charge is 0.352 e. The number of nitrogens with one attached hydrogen (secondary N) is 1. The number of aromatic amines is 1. The van der Waals surface area contributed by atoms with Crippen molar-refractivity contribution in [3.63, 3.8) is 0 Å². The lowest BCUT2D eigenvalue weighted by Crippen LogP contribution is -2.16. The van der Waals surface area contributed by atoms with Crippen molar-refractivity contribution < 1.29 is 14.7 Å². The van der Waals surface area contributed by atoms with E-state index in [0.29, 0.717) is 11.3 Å². The monoisotopic (exact) mass is 306 g/mol. The zero-order valence-electron chi connectivity index (χ0n) is 12.5. The van der Waals surface area contributed by atoms with Gasteiger partial charge in [0.15, 0.2) is 11.6 Å². The molecule has 3 rings (SSSR count). The SMILES string of the molecule is C=C(C1=CN(C)C(=C=O)c2[nH]c(C(=O)O)cc21)c1ccccc1. The fourth-order valence-corrected chi connectivity index (χ4v) is 2.63. The lowest BCUT2D eigenvalue weighted by molar-refractivity contribution is 0.0691. The van der Waals surface area contributed by atoms with Crippen molar-refractivity contribution in [1.29, 1.82) is 0 Å². The number of H-pyrrole nitrogens is 1. The van der Waals surface area contributed by atoms with Crippen LogP contribution in [0.1, 0.15) is 27.3 Å². The molecule has 2 N–H and O–H groups in total. The van der Waals surface area contributed by atoms with Crippen LogP contribution in [0.3, 0.4) is 0 Å². The Balaban J connectivity index is 2.18. The minimum atomic E-state index is -1.09. The number of aromatic nitrogens is 1. The lowest BCUT2D eigenvalue weighted by atomic mass is 9.91. The number of carboxylic acids is 1. The summed E-state index contributed by atoms with van der Waals surface area (Å²) in [4.78, 5) is 26.9. The van der Waals surface area contributed by atoms with Gasteiger partial charge >= 0.3 is 5.97 Å². The van der Waals surface area contributed by atoms with Gasteiger partial charge in [0.2, 0.25) is 0 Å². The summed E-state index contributed by atoms with van der Waals surface area (Å²) in [5, 5.41) is 9.21. The second-order valence-electron chi connectivity index (χ2n) is 5.23. The number of fused-ring (bicyclic) bond motifs is 1. The Morgan fingerprint density at radius 1 is 1.30 bits per heavy atom. The van der Waals surface area contributed by atoms with Gasteiger partial charge in [-0.2, -0.15) is 0 Å². The molecule has 0 amide bonds. The van der Waals surface area contributed by atoms with E-state index in [1.807, 2.05) is 36.3 Å². The van der Waals surface area contributed by atoms with Crippen LogP contribution in [0.4, 0.5) is 0 Å². The number of allylic oxidation sites excluding steroid dienone is 2. The molecule has 2 aromatic rings. The fourth-order valence-electron chi connectivity index (χ4n) is 2.63. The van der Waals surface area contributed by atoms with Gasteiger partial charge in [-0.05, 0) is 17.2 Å². The van der Waals surface area contributed by atoms with Crippen LogP contribution in [0.25, 0.3) is 16.8 Å². The number of hydrogen-bond donors (Lipinski definition) is 2. The summed E-state index contributed by atoms with van der Waals surface area (Å²) in [6, 6.07) is 11.1. The van der Waals surface area contributed by atoms with Gasteiger partial charge in [-0.1, -0.05) is 36.9 Å². The van der Waals surface area contributed by atoms with Crippen molar-refractivity contribution in [2.45, 2.75) is 0 Å². The molecule has 23 heavy (non-hydrogen) atoms. The number of nitrogens with zero attached hydrogens (tertiary/aromatic N) is 1. The van der Waals surface area contributed by atoms with Crippen molar-refractivity contribution in [2.24, 2.45) is 0 Å². The minimum absolute atomic E-state index is 0.0183. The molecule has 5 heteroatoms. The number of hydrogen-bond acceptors (Lipinski definition) is 3. The summed E-state index contributed by atoms with van der Waals surface area (Å²) in [5.41, 5.74) is 3.79. The van der Waals surface area contributed by atoms with Gasteiger partial charge in [-0.25, -0.2) is 9.59 Å². The highest BCUT2D eigenvalue weighted by Crippen LogP contribution is 2.39. The van der Waals surface area contributed by atoms with Crippen LogP contribution >= 0.6 is 0 Å². The molecule has 0 fully saturated rings. The van der Waals surface area contributed by atoms with E-state index in [-0.39, 0.29) is 11.4 Å². The van der Waals surface area contributed by atoms with E-state index in [2.05, 4.69) is 11.6 Å². The Kier molecular flexibility index (Phi) is 3.48. The first-order valence-corrected chi connectivity index (χ1v) is 6.94. The molecule has 0 saturated carbocycles. The molecule has 0 aliphatic carbocycles. The molecule has 114 valence electrons. The van der Waals surface area contributed by atoms with Gasteiger partial charge in [-0.15, -0.1) is 0 Å². The van der Waals surface area contributed by atoms with E-state index in [1.165, 1.54) is 6.07 Å². The first-order valence-electron chi connectivity index (χ1n) is 6.94. The Hall–Kier alpha value is -3.30. The van der Waals surface area contributed by atoms with Crippen molar-refractivity contribution in [1.82, 2.24) is 9.88 Å². The number of aromatic carboxylic acids is 1. The minimum Gasteiger partial charge on any atom is -0.477 e. The van der Waals surface area contributed by atoms with Crippen molar-refractivity contribution in [3.8, 4) is 0 Å². The molecule has 1 aliphatic rings. The second kappa shape index (κ2) is 5.48. The highest BCUT2D eigenvalue weighted by atomic mass is 16.4. The molecule has 1 aromatic carbocycles. The second-order valence-corrected chi connectivity index (χ2v) is 5.23. The lowest BCUT2D eigenvalue weighted by Gasteiger charge is -2.24. The molecule has 1 aliphatic heterocycles. The predicted octanol–water partition coefficient (Wildman–Crippen LogP) is 2.89. The molecule has 5 nitrogen and oxygen atoms in total. The third kappa shape index (κ3) is 2.39. The third-order valence-electron chi connectivity index (χ3n) is 3.79. The zero-order valence-corrected chi connectivity index (χ0v) is 12.5. The van der Waals surface area contributed by atoms with Gasteiger partial charge in [-0.3, -0.25) is 0 Å². The topological polar surface area (TPSA) is 73.4 Å². The van der Waals surface area contributed by atoms with Gasteiger partial charge in [0.1, 0.15) is 5.69 Å². The van der Waals surface area contributed by atoms with E-state index in [1.54, 1.807) is 18.1 Å². The molecule has 0 bridgehead atoms. The van der Waals surface area contributed by atoms with Crippen LogP contribution in [0, 0.1) is 0 Å². The van der Waals surface area contributed by atoms with Crippen LogP contribution in [0.2, 0.25) is 0 Å². The number of rotatable bonds is 3. The van der Waals surface area contributed by atoms with E-state index < -0.39 is 5.97 Å². The van der Waals surface area contributed by atoms with E-state index >= 15 is 0 Å². The molecule has 0 spiro atoms. The summed E-state index contributed by atoms with van der Waals surface area (Å²) in [6.45, 7) is 4.12. The third-order valence-corrected chi connectivity index (χ3v) is 3.79. The fraction of sp³-hybridized carbons (Fsp3) is 0.0556. The molecule has 0 radical (unpaired) electrons. The average Bonchev–Trinajstić information content (AvgIpc) is 2.99. The van der Waals surface area contributed by atoms with Gasteiger partial charge in [0, 0.05) is 24.4 Å². The Morgan fingerprint density at radius 2 is 2.00 bits per heavy atom. The van der Waals surface area contributed by atoms with Crippen molar-refractivity contribution >= 4 is 28.8 Å². The van der Waals surface area contributed by atoms with E-state index in [4.69, 9.17) is 0 Å². The number of carboxylic acid groups (broad SMARTS) is 1. The van der Waals surface area contributed by atoms with Gasteiger partial charge < -0.3 is 15.0 Å². The Morgan fingerprint density at radius 3 is 2.61 bits per heavy atom. The zero-order chi connectivity index (χ0) is 16.6. The standard InChI is InChI=1S/C18H14N2O3/c1-11(12-6-4-3-5-7-12)14-9-20(2)16(10-21)17-13(14)8-15(19-17)18(22)23/h3-9,19H,1H2,2H3,(H,22,23). The predicted molar refractivity (Wildman–Crippen MR) is 88.1 cm³/mol. The van der Waals surface area contributed by atoms with Crippen LogP contribution in [-0.4, -0.2) is 33.9 Å². The van der Waals surface area contributed by atoms with E-state index in [9.17, 15) is 14.7 Å². The summed E-state index contributed by atoms with van der Waals surface area (Å²) < 4.78 is 0. The quantitative estimate of drug-likeness (QED) is 0.855. The Bertz CT molecular complexity index is 884. The molecule has 0 saturated heterocycles. The highest BCUT2D eigenvalue weighted by molar-refractivity contribution is 6.09. The van der Waals surface area contributed by atoms with Crippen LogP contribution < -0.4 is 0 Å². The normalized spacial score (nSPS) is 13.2. The summed E-state index contributed by atoms with van der Waals surface area (Å²) >= 11 is 0. The number of benzene rings is 1. The van der Waals surface area contributed by atoms with Crippen molar-refractivity contribution in [2.75, 3.05) is 7.05 Å².